The smallest absolute Gasteiger partial charge is 0.209 e. The molecule has 1 spiro atoms. The molecule has 0 saturated carbocycles. The largest absolute Gasteiger partial charge is 0.493 e. The van der Waals surface area contributed by atoms with Gasteiger partial charge in [0.05, 0.1) is 44.8 Å². The van der Waals surface area contributed by atoms with E-state index in [0.29, 0.717) is 0 Å². The van der Waals surface area contributed by atoms with Gasteiger partial charge in [-0.05, 0) is 12.1 Å². The third-order valence-corrected chi connectivity index (χ3v) is 6.20. The van der Waals surface area contributed by atoms with Crippen LogP contribution >= 0.6 is 11.6 Å². The summed E-state index contributed by atoms with van der Waals surface area (Å²) >= 11 is 6.47. The maximum Gasteiger partial charge on any atom is 0.209 e. The lowest BCUT2D eigenvalue weighted by molar-refractivity contribution is -0.670. The third-order valence-electron chi connectivity index (χ3n) is 5.87. The second-order valence-electron chi connectivity index (χ2n) is 7.38. The van der Waals surface area contributed by atoms with Gasteiger partial charge in [0.1, 0.15) is 0 Å². The normalized spacial score (nSPS) is 22.7. The molecular weight excluding hydrogens is 362 g/mol. The first-order chi connectivity index (χ1) is 13.2. The number of ether oxygens (including phenoxy) is 2. The van der Waals surface area contributed by atoms with E-state index < -0.39 is 5.72 Å². The van der Waals surface area contributed by atoms with E-state index in [1.54, 1.807) is 7.11 Å². The van der Waals surface area contributed by atoms with E-state index in [4.69, 9.17) is 26.2 Å². The van der Waals surface area contributed by atoms with Crippen molar-refractivity contribution >= 4 is 17.3 Å². The monoisotopic (exact) mass is 384 g/mol. The Bertz CT molecular complexity index is 908. The number of quaternary nitrogens is 1. The van der Waals surface area contributed by atoms with Gasteiger partial charge >= 0.3 is 0 Å². The Hall–Kier alpha value is -2.24. The highest BCUT2D eigenvalue weighted by Crippen LogP contribution is 2.52. The van der Waals surface area contributed by atoms with E-state index in [9.17, 15) is 0 Å². The Morgan fingerprint density at radius 1 is 1.19 bits per heavy atom. The molecule has 0 aliphatic carbocycles. The Morgan fingerprint density at radius 3 is 2.78 bits per heavy atom. The van der Waals surface area contributed by atoms with Crippen LogP contribution in [0.15, 0.2) is 47.6 Å². The van der Waals surface area contributed by atoms with Gasteiger partial charge in [0.2, 0.25) is 5.72 Å². The molecule has 5 rings (SSSR count). The number of rotatable bonds is 2. The first-order valence-electron chi connectivity index (χ1n) is 9.51. The molecule has 1 atom stereocenters. The molecule has 140 valence electrons. The van der Waals surface area contributed by atoms with Crippen LogP contribution in [0.2, 0.25) is 5.02 Å². The van der Waals surface area contributed by atoms with Crippen LogP contribution in [0.25, 0.3) is 0 Å². The average Bonchev–Trinajstić information content (AvgIpc) is 3.15. The number of para-hydroxylation sites is 1. The van der Waals surface area contributed by atoms with Crippen molar-refractivity contribution in [3.63, 3.8) is 0 Å². The summed E-state index contributed by atoms with van der Waals surface area (Å²) in [6.07, 6.45) is 2.68. The van der Waals surface area contributed by atoms with Gasteiger partial charge in [0, 0.05) is 22.6 Å². The Kier molecular flexibility index (Phi) is 4.02. The summed E-state index contributed by atoms with van der Waals surface area (Å²) in [6, 6.07) is 14.2. The molecule has 1 fully saturated rings. The lowest BCUT2D eigenvalue weighted by Crippen LogP contribution is -2.89. The summed E-state index contributed by atoms with van der Waals surface area (Å²) in [5, 5.41) is 10.4. The molecule has 2 aromatic rings. The van der Waals surface area contributed by atoms with Gasteiger partial charge in [0.15, 0.2) is 11.5 Å². The number of hydrogen-bond acceptors (Lipinski definition) is 4. The van der Waals surface area contributed by atoms with Crippen molar-refractivity contribution in [1.82, 2.24) is 5.01 Å². The highest BCUT2D eigenvalue weighted by Gasteiger charge is 2.52. The van der Waals surface area contributed by atoms with E-state index in [0.717, 1.165) is 65.7 Å². The van der Waals surface area contributed by atoms with E-state index in [2.05, 4.69) is 16.4 Å². The van der Waals surface area contributed by atoms with E-state index >= 15 is 0 Å². The lowest BCUT2D eigenvalue weighted by atomic mass is 9.91. The molecule has 0 aromatic heterocycles. The average molecular weight is 385 g/mol. The van der Waals surface area contributed by atoms with Gasteiger partial charge in [-0.15, -0.1) is 0 Å². The van der Waals surface area contributed by atoms with Gasteiger partial charge in [0.25, 0.3) is 0 Å². The van der Waals surface area contributed by atoms with Crippen LogP contribution in [0.3, 0.4) is 0 Å². The van der Waals surface area contributed by atoms with Crippen LogP contribution in [-0.4, -0.2) is 36.6 Å². The van der Waals surface area contributed by atoms with Gasteiger partial charge in [-0.25, -0.2) is 5.01 Å². The van der Waals surface area contributed by atoms with Crippen molar-refractivity contribution in [2.45, 2.75) is 31.0 Å². The number of piperidine rings is 1. The maximum absolute atomic E-state index is 6.65. The summed E-state index contributed by atoms with van der Waals surface area (Å²) in [4.78, 5) is 0. The molecule has 2 aromatic carbocycles. The fourth-order valence-corrected chi connectivity index (χ4v) is 4.79. The number of hydrogen-bond donors (Lipinski definition) is 1. The predicted molar refractivity (Wildman–Crippen MR) is 104 cm³/mol. The fraction of sp³-hybridized carbons (Fsp3) is 0.381. The van der Waals surface area contributed by atoms with Crippen molar-refractivity contribution in [3.05, 3.63) is 58.6 Å². The van der Waals surface area contributed by atoms with Crippen LogP contribution in [-0.2, 0) is 0 Å². The van der Waals surface area contributed by atoms with Crippen molar-refractivity contribution in [2.24, 2.45) is 5.10 Å². The van der Waals surface area contributed by atoms with E-state index in [-0.39, 0.29) is 6.04 Å². The summed E-state index contributed by atoms with van der Waals surface area (Å²) in [6.45, 7) is 2.06. The summed E-state index contributed by atoms with van der Waals surface area (Å²) in [5.74, 6) is 1.67. The lowest BCUT2D eigenvalue weighted by Gasteiger charge is -2.48. The van der Waals surface area contributed by atoms with Crippen LogP contribution < -0.4 is 14.8 Å². The Morgan fingerprint density at radius 2 is 2.00 bits per heavy atom. The SMILES string of the molecule is COc1cccc2c1OC1(CC[NH2+]CC1)N1N=C(c3ccccc3Cl)C[C@H]21. The molecule has 1 saturated heterocycles. The summed E-state index contributed by atoms with van der Waals surface area (Å²) in [7, 11) is 1.70. The molecule has 6 heteroatoms. The van der Waals surface area contributed by atoms with Crippen molar-refractivity contribution in [3.8, 4) is 11.5 Å². The number of nitrogens with two attached hydrogens (primary N) is 1. The number of methoxy groups -OCH3 is 1. The Balaban J connectivity index is 1.63. The molecule has 3 aliphatic rings. The van der Waals surface area contributed by atoms with Gasteiger partial charge < -0.3 is 14.8 Å². The molecule has 0 amide bonds. The molecule has 5 nitrogen and oxygen atoms in total. The maximum atomic E-state index is 6.65. The van der Waals surface area contributed by atoms with E-state index in [1.807, 2.05) is 36.4 Å². The zero-order valence-electron chi connectivity index (χ0n) is 15.3. The van der Waals surface area contributed by atoms with Crippen molar-refractivity contribution in [1.29, 1.82) is 0 Å². The molecule has 0 unspecified atom stereocenters. The number of fused-ring (bicyclic) bond motifs is 4. The second kappa shape index (κ2) is 6.43. The molecule has 3 heterocycles. The number of halogens is 1. The van der Waals surface area contributed by atoms with Crippen LogP contribution in [0.1, 0.15) is 36.4 Å². The Labute approximate surface area is 163 Å². The minimum atomic E-state index is -0.413. The van der Waals surface area contributed by atoms with Crippen LogP contribution in [0.5, 0.6) is 11.5 Å². The molecule has 0 radical (unpaired) electrons. The van der Waals surface area contributed by atoms with Gasteiger partial charge in [-0.3, -0.25) is 0 Å². The van der Waals surface area contributed by atoms with Gasteiger partial charge in [-0.2, -0.15) is 5.10 Å². The summed E-state index contributed by atoms with van der Waals surface area (Å²) in [5.41, 5.74) is 2.76. The predicted octanol–water partition coefficient (Wildman–Crippen LogP) is 2.95. The zero-order valence-corrected chi connectivity index (χ0v) is 16.1. The van der Waals surface area contributed by atoms with Crippen LogP contribution in [0, 0.1) is 0 Å². The van der Waals surface area contributed by atoms with Gasteiger partial charge in [-0.1, -0.05) is 41.9 Å². The van der Waals surface area contributed by atoms with E-state index in [1.165, 1.54) is 0 Å². The number of nitrogens with zero attached hydrogens (tertiary/aromatic N) is 2. The summed E-state index contributed by atoms with van der Waals surface area (Å²) < 4.78 is 12.3. The standard InChI is InChI=1S/C21H22ClN3O2/c1-26-19-8-4-6-15-18-13-17(14-5-2-3-7-16(14)22)24-25(18)21(27-20(15)19)9-11-23-12-10-21/h2-8,18,23H,9-13H2,1H3/p+1/t18-/m1/s1. The van der Waals surface area contributed by atoms with Crippen LogP contribution in [0.4, 0.5) is 0 Å². The third kappa shape index (κ3) is 2.60. The molecular formula is C21H23ClN3O2+. The van der Waals surface area contributed by atoms with Crippen molar-refractivity contribution in [2.75, 3.05) is 20.2 Å². The topological polar surface area (TPSA) is 50.7 Å². The minimum absolute atomic E-state index is 0.147. The second-order valence-corrected chi connectivity index (χ2v) is 7.79. The highest BCUT2D eigenvalue weighted by atomic mass is 35.5. The number of benzene rings is 2. The first-order valence-corrected chi connectivity index (χ1v) is 9.89. The molecule has 2 N–H and O–H groups in total. The molecule has 0 bridgehead atoms. The quantitative estimate of drug-likeness (QED) is 0.866. The highest BCUT2D eigenvalue weighted by molar-refractivity contribution is 6.34. The zero-order chi connectivity index (χ0) is 18.4. The molecule has 27 heavy (non-hydrogen) atoms. The van der Waals surface area contributed by atoms with Crippen molar-refractivity contribution < 1.29 is 14.8 Å². The number of hydrazone groups is 1. The molecule has 3 aliphatic heterocycles. The minimum Gasteiger partial charge on any atom is -0.493 e. The first kappa shape index (κ1) is 16.9. The fourth-order valence-electron chi connectivity index (χ4n) is 4.54.